The number of esters is 1. The number of carbonyl (C=O) groups excluding carboxylic acids is 4. The van der Waals surface area contributed by atoms with E-state index in [-0.39, 0.29) is 5.91 Å². The Morgan fingerprint density at radius 3 is 2.47 bits per heavy atom. The average molecular weight is 424 g/mol. The van der Waals surface area contributed by atoms with E-state index in [2.05, 4.69) is 5.32 Å². The third-order valence-electron chi connectivity index (χ3n) is 5.20. The normalized spacial score (nSPS) is 16.0. The molecule has 2 heterocycles. The molecule has 0 fully saturated rings. The predicted octanol–water partition coefficient (Wildman–Crippen LogP) is 2.89. The molecule has 0 spiro atoms. The van der Waals surface area contributed by atoms with Crippen LogP contribution in [0.4, 0.5) is 5.69 Å². The molecule has 2 aromatic carbocycles. The van der Waals surface area contributed by atoms with Gasteiger partial charge in [-0.3, -0.25) is 19.3 Å². The first kappa shape index (κ1) is 20.2. The maximum absolute atomic E-state index is 13.0. The van der Waals surface area contributed by atoms with E-state index in [9.17, 15) is 19.2 Å². The average Bonchev–Trinajstić information content (AvgIpc) is 2.99. The lowest BCUT2D eigenvalue weighted by Crippen LogP contribution is -2.47. The van der Waals surface area contributed by atoms with Crippen molar-refractivity contribution in [2.45, 2.75) is 25.3 Å². The highest BCUT2D eigenvalue weighted by Crippen LogP contribution is 2.29. The van der Waals surface area contributed by atoms with Crippen molar-refractivity contribution in [1.29, 1.82) is 0 Å². The molecular formula is C22H20N2O5S. The van der Waals surface area contributed by atoms with E-state index in [0.717, 1.165) is 10.5 Å². The second-order valence-corrected chi connectivity index (χ2v) is 8.10. The Hall–Kier alpha value is -3.13. The van der Waals surface area contributed by atoms with Gasteiger partial charge in [-0.25, -0.2) is 4.79 Å². The second kappa shape index (κ2) is 8.31. The molecule has 30 heavy (non-hydrogen) atoms. The first-order valence-electron chi connectivity index (χ1n) is 9.60. The molecule has 2 aliphatic heterocycles. The summed E-state index contributed by atoms with van der Waals surface area (Å²) in [5.41, 5.74) is 2.18. The van der Waals surface area contributed by atoms with Crippen LogP contribution in [0.25, 0.3) is 0 Å². The molecule has 4 rings (SSSR count). The number of ether oxygens (including phenoxy) is 1. The third-order valence-corrected chi connectivity index (χ3v) is 5.84. The summed E-state index contributed by atoms with van der Waals surface area (Å²) in [6, 6.07) is 10.5. The Labute approximate surface area is 177 Å². The molecule has 0 aromatic heterocycles. The number of benzene rings is 2. The lowest BCUT2D eigenvalue weighted by molar-refractivity contribution is -0.138. The molecule has 2 aromatic rings. The summed E-state index contributed by atoms with van der Waals surface area (Å²) >= 11 is 1.52. The van der Waals surface area contributed by atoms with E-state index in [0.29, 0.717) is 47.6 Å². The number of hydrogen-bond acceptors (Lipinski definition) is 6. The second-order valence-electron chi connectivity index (χ2n) is 7.11. The van der Waals surface area contributed by atoms with Crippen LogP contribution in [0.1, 0.15) is 39.1 Å². The molecule has 1 N–H and O–H groups in total. The van der Waals surface area contributed by atoms with Crippen LogP contribution < -0.4 is 10.1 Å². The van der Waals surface area contributed by atoms with Crippen molar-refractivity contribution in [3.05, 3.63) is 59.2 Å². The van der Waals surface area contributed by atoms with Gasteiger partial charge in [0, 0.05) is 12.1 Å². The molecule has 2 aliphatic rings. The van der Waals surface area contributed by atoms with Gasteiger partial charge in [-0.15, -0.1) is 0 Å². The highest BCUT2D eigenvalue weighted by Gasteiger charge is 2.43. The molecule has 3 amide bonds. The Balaban J connectivity index is 1.57. The summed E-state index contributed by atoms with van der Waals surface area (Å²) in [6.45, 7) is 0. The summed E-state index contributed by atoms with van der Waals surface area (Å²) in [4.78, 5) is 51.2. The number of nitrogens with one attached hydrogen (secondary N) is 1. The lowest BCUT2D eigenvalue weighted by Gasteiger charge is -2.24. The van der Waals surface area contributed by atoms with Gasteiger partial charge in [0.05, 0.1) is 11.1 Å². The minimum Gasteiger partial charge on any atom is -0.425 e. The topological polar surface area (TPSA) is 92.8 Å². The maximum atomic E-state index is 13.0. The van der Waals surface area contributed by atoms with E-state index in [1.165, 1.54) is 11.8 Å². The quantitative estimate of drug-likeness (QED) is 0.435. The van der Waals surface area contributed by atoms with Gasteiger partial charge in [0.15, 0.2) is 0 Å². The van der Waals surface area contributed by atoms with E-state index in [1.807, 2.05) is 6.26 Å². The van der Waals surface area contributed by atoms with E-state index in [4.69, 9.17) is 4.74 Å². The number of rotatable bonds is 6. The van der Waals surface area contributed by atoms with Crippen LogP contribution >= 0.6 is 11.8 Å². The number of carbonyl (C=O) groups is 4. The van der Waals surface area contributed by atoms with Crippen LogP contribution in [0.5, 0.6) is 5.75 Å². The van der Waals surface area contributed by atoms with Crippen LogP contribution in [-0.2, 0) is 16.0 Å². The maximum Gasteiger partial charge on any atom is 0.334 e. The standard InChI is InChI=1S/C22H20N2O5S/c1-30-11-10-18(24-20(26)15-4-2-3-5-16(15)21(24)27)22(28)29-14-7-8-17-13(12-14)6-9-19(25)23-17/h2-5,7-8,12,18H,6,9-11H2,1H3,(H,23,25). The highest BCUT2D eigenvalue weighted by atomic mass is 32.2. The molecular weight excluding hydrogens is 404 g/mol. The zero-order valence-corrected chi connectivity index (χ0v) is 17.2. The molecule has 0 bridgehead atoms. The Bertz CT molecular complexity index is 1020. The van der Waals surface area contributed by atoms with E-state index >= 15 is 0 Å². The van der Waals surface area contributed by atoms with Crippen molar-refractivity contribution in [3.8, 4) is 5.75 Å². The molecule has 8 heteroatoms. The molecule has 7 nitrogen and oxygen atoms in total. The fraction of sp³-hybridized carbons (Fsp3) is 0.273. The number of imide groups is 1. The molecule has 0 aliphatic carbocycles. The Kier molecular flexibility index (Phi) is 5.59. The minimum absolute atomic E-state index is 0.0463. The number of thioether (sulfide) groups is 1. The van der Waals surface area contributed by atoms with Gasteiger partial charge in [0.25, 0.3) is 11.8 Å². The Morgan fingerprint density at radius 2 is 1.80 bits per heavy atom. The number of nitrogens with zero attached hydrogens (tertiary/aromatic N) is 1. The summed E-state index contributed by atoms with van der Waals surface area (Å²) in [6.07, 6.45) is 3.12. The van der Waals surface area contributed by atoms with E-state index < -0.39 is 23.8 Å². The van der Waals surface area contributed by atoms with Gasteiger partial charge in [-0.1, -0.05) is 12.1 Å². The first-order chi connectivity index (χ1) is 14.5. The number of hydrogen-bond donors (Lipinski definition) is 1. The lowest BCUT2D eigenvalue weighted by atomic mass is 10.0. The van der Waals surface area contributed by atoms with Crippen LogP contribution in [0.2, 0.25) is 0 Å². The number of aryl methyl sites for hydroxylation is 1. The van der Waals surface area contributed by atoms with Gasteiger partial charge in [-0.05, 0) is 60.7 Å². The first-order valence-corrected chi connectivity index (χ1v) is 11.0. The van der Waals surface area contributed by atoms with Crippen molar-refractivity contribution >= 4 is 41.1 Å². The largest absolute Gasteiger partial charge is 0.425 e. The smallest absolute Gasteiger partial charge is 0.334 e. The Morgan fingerprint density at radius 1 is 1.10 bits per heavy atom. The van der Waals surface area contributed by atoms with Gasteiger partial charge in [-0.2, -0.15) is 11.8 Å². The zero-order chi connectivity index (χ0) is 21.3. The van der Waals surface area contributed by atoms with Gasteiger partial charge < -0.3 is 10.1 Å². The molecule has 0 saturated carbocycles. The third kappa shape index (κ3) is 3.70. The minimum atomic E-state index is -1.01. The monoisotopic (exact) mass is 424 g/mol. The molecule has 0 saturated heterocycles. The number of anilines is 1. The molecule has 154 valence electrons. The van der Waals surface area contributed by atoms with E-state index in [1.54, 1.807) is 42.5 Å². The van der Waals surface area contributed by atoms with Crippen LogP contribution in [0.15, 0.2) is 42.5 Å². The van der Waals surface area contributed by atoms with Gasteiger partial charge in [0.1, 0.15) is 11.8 Å². The van der Waals surface area contributed by atoms with Gasteiger partial charge >= 0.3 is 5.97 Å². The summed E-state index contributed by atoms with van der Waals surface area (Å²) in [5, 5.41) is 2.78. The number of fused-ring (bicyclic) bond motifs is 2. The predicted molar refractivity (Wildman–Crippen MR) is 113 cm³/mol. The zero-order valence-electron chi connectivity index (χ0n) is 16.3. The highest BCUT2D eigenvalue weighted by molar-refractivity contribution is 7.98. The van der Waals surface area contributed by atoms with Crippen LogP contribution in [0.3, 0.4) is 0 Å². The summed E-state index contributed by atoms with van der Waals surface area (Å²) in [5.74, 6) is -0.753. The molecule has 1 atom stereocenters. The SMILES string of the molecule is CSCCC(C(=O)Oc1ccc2c(c1)CCC(=O)N2)N1C(=O)c2ccccc2C1=O. The fourth-order valence-corrected chi connectivity index (χ4v) is 4.14. The van der Waals surface area contributed by atoms with Crippen molar-refractivity contribution in [2.24, 2.45) is 0 Å². The van der Waals surface area contributed by atoms with Crippen LogP contribution in [-0.4, -0.2) is 46.6 Å². The van der Waals surface area contributed by atoms with Crippen molar-refractivity contribution in [1.82, 2.24) is 4.90 Å². The summed E-state index contributed by atoms with van der Waals surface area (Å²) < 4.78 is 5.57. The van der Waals surface area contributed by atoms with Gasteiger partial charge in [0.2, 0.25) is 5.91 Å². The summed E-state index contributed by atoms with van der Waals surface area (Å²) in [7, 11) is 0. The van der Waals surface area contributed by atoms with Crippen molar-refractivity contribution < 1.29 is 23.9 Å². The fourth-order valence-electron chi connectivity index (χ4n) is 3.68. The molecule has 1 unspecified atom stereocenters. The number of amides is 3. The van der Waals surface area contributed by atoms with Crippen molar-refractivity contribution in [2.75, 3.05) is 17.3 Å². The van der Waals surface area contributed by atoms with Crippen molar-refractivity contribution in [3.63, 3.8) is 0 Å². The molecule has 0 radical (unpaired) electrons. The van der Waals surface area contributed by atoms with Crippen LogP contribution in [0, 0.1) is 0 Å².